The molecule has 0 aliphatic carbocycles. The number of nitrogens with zero attached hydrogens (tertiary/aromatic N) is 2. The summed E-state index contributed by atoms with van der Waals surface area (Å²) >= 11 is 0. The average molecular weight is 201 g/mol. The largest absolute Gasteiger partial charge is 0.261 e. The molecule has 1 aromatic rings. The van der Waals surface area contributed by atoms with Crippen LogP contribution in [0.1, 0.15) is 18.7 Å². The van der Waals surface area contributed by atoms with Gasteiger partial charge >= 0.3 is 0 Å². The summed E-state index contributed by atoms with van der Waals surface area (Å²) in [5.74, 6) is 0. The Bertz CT molecular complexity index is 363. The number of rotatable bonds is 3. The maximum absolute atomic E-state index is 10.9. The molecule has 0 aliphatic heterocycles. The molecule has 0 aromatic carbocycles. The van der Waals surface area contributed by atoms with Crippen LogP contribution < -0.4 is 4.72 Å². The van der Waals surface area contributed by atoms with Crippen LogP contribution in [-0.4, -0.2) is 24.6 Å². The fourth-order valence-corrected chi connectivity index (χ4v) is 1.68. The second-order valence-electron chi connectivity index (χ2n) is 2.74. The van der Waals surface area contributed by atoms with E-state index in [1.807, 2.05) is 0 Å². The molecule has 0 radical (unpaired) electrons. The van der Waals surface area contributed by atoms with E-state index in [0.29, 0.717) is 5.69 Å². The van der Waals surface area contributed by atoms with Crippen molar-refractivity contribution >= 4 is 10.0 Å². The Labute approximate surface area is 77.3 Å². The number of sulfonamides is 1. The van der Waals surface area contributed by atoms with E-state index in [-0.39, 0.29) is 6.04 Å². The van der Waals surface area contributed by atoms with Crippen LogP contribution in [0.4, 0.5) is 0 Å². The first-order valence-electron chi connectivity index (χ1n) is 3.72. The van der Waals surface area contributed by atoms with Crippen LogP contribution in [0, 0.1) is 0 Å². The summed E-state index contributed by atoms with van der Waals surface area (Å²) in [6.45, 7) is 1.71. The maximum atomic E-state index is 10.9. The lowest BCUT2D eigenvalue weighted by Crippen LogP contribution is -2.25. The molecular weight excluding hydrogens is 190 g/mol. The molecule has 72 valence electrons. The number of hydrogen-bond donors (Lipinski definition) is 1. The molecule has 0 amide bonds. The summed E-state index contributed by atoms with van der Waals surface area (Å²) in [4.78, 5) is 7.81. The minimum atomic E-state index is -3.19. The summed E-state index contributed by atoms with van der Waals surface area (Å²) in [6, 6.07) is -0.344. The van der Waals surface area contributed by atoms with Crippen LogP contribution in [0.2, 0.25) is 0 Å². The molecule has 0 saturated heterocycles. The molecule has 6 heteroatoms. The molecule has 0 saturated carbocycles. The van der Waals surface area contributed by atoms with Crippen LogP contribution in [0.25, 0.3) is 0 Å². The minimum absolute atomic E-state index is 0.344. The van der Waals surface area contributed by atoms with Gasteiger partial charge in [-0.1, -0.05) is 0 Å². The fraction of sp³-hybridized carbons (Fsp3) is 0.429. The van der Waals surface area contributed by atoms with Crippen molar-refractivity contribution in [2.24, 2.45) is 0 Å². The number of hydrogen-bond acceptors (Lipinski definition) is 4. The number of aromatic nitrogens is 2. The van der Waals surface area contributed by atoms with E-state index in [2.05, 4.69) is 14.7 Å². The second-order valence-corrected chi connectivity index (χ2v) is 4.52. The maximum Gasteiger partial charge on any atom is 0.209 e. The Morgan fingerprint density at radius 3 is 2.62 bits per heavy atom. The summed E-state index contributed by atoms with van der Waals surface area (Å²) in [6.07, 6.45) is 5.70. The SMILES string of the molecule is CC(NS(C)(=O)=O)c1cnccn1. The van der Waals surface area contributed by atoms with Crippen molar-refractivity contribution in [2.45, 2.75) is 13.0 Å². The summed E-state index contributed by atoms with van der Waals surface area (Å²) in [5, 5.41) is 0. The summed E-state index contributed by atoms with van der Waals surface area (Å²) < 4.78 is 24.1. The average Bonchev–Trinajstić information content (AvgIpc) is 2.03. The van der Waals surface area contributed by atoms with E-state index in [1.54, 1.807) is 6.92 Å². The Balaban J connectivity index is 2.76. The van der Waals surface area contributed by atoms with E-state index >= 15 is 0 Å². The number of nitrogens with one attached hydrogen (secondary N) is 1. The van der Waals surface area contributed by atoms with Crippen LogP contribution >= 0.6 is 0 Å². The molecule has 13 heavy (non-hydrogen) atoms. The van der Waals surface area contributed by atoms with Crippen LogP contribution in [0.15, 0.2) is 18.6 Å². The third-order valence-corrected chi connectivity index (χ3v) is 2.20. The topological polar surface area (TPSA) is 72.0 Å². The fourth-order valence-electron chi connectivity index (χ4n) is 0.916. The molecule has 1 rings (SSSR count). The minimum Gasteiger partial charge on any atom is -0.261 e. The van der Waals surface area contributed by atoms with Gasteiger partial charge in [-0.2, -0.15) is 0 Å². The normalized spacial score (nSPS) is 14.0. The summed E-state index contributed by atoms with van der Waals surface area (Å²) in [5.41, 5.74) is 0.605. The highest BCUT2D eigenvalue weighted by Gasteiger charge is 2.11. The van der Waals surface area contributed by atoms with E-state index in [4.69, 9.17) is 0 Å². The molecule has 0 fully saturated rings. The van der Waals surface area contributed by atoms with Gasteiger partial charge in [0.25, 0.3) is 0 Å². The molecule has 1 unspecified atom stereocenters. The van der Waals surface area contributed by atoms with Gasteiger partial charge in [0.05, 0.1) is 18.0 Å². The second kappa shape index (κ2) is 3.80. The van der Waals surface area contributed by atoms with Gasteiger partial charge in [-0.3, -0.25) is 9.97 Å². The first-order chi connectivity index (χ1) is 5.99. The Kier molecular flexibility index (Phi) is 2.94. The van der Waals surface area contributed by atoms with Gasteiger partial charge in [0.2, 0.25) is 10.0 Å². The standard InChI is InChI=1S/C7H11N3O2S/c1-6(10-13(2,11)12)7-5-8-3-4-9-7/h3-6,10H,1-2H3. The smallest absolute Gasteiger partial charge is 0.209 e. The van der Waals surface area contributed by atoms with Crippen molar-refractivity contribution in [3.63, 3.8) is 0 Å². The van der Waals surface area contributed by atoms with Crippen molar-refractivity contribution < 1.29 is 8.42 Å². The molecule has 0 spiro atoms. The van der Waals surface area contributed by atoms with Gasteiger partial charge in [-0.05, 0) is 6.92 Å². The van der Waals surface area contributed by atoms with Gasteiger partial charge in [-0.25, -0.2) is 13.1 Å². The lowest BCUT2D eigenvalue weighted by molar-refractivity contribution is 0.569. The Morgan fingerprint density at radius 2 is 2.15 bits per heavy atom. The monoisotopic (exact) mass is 201 g/mol. The quantitative estimate of drug-likeness (QED) is 0.752. The van der Waals surface area contributed by atoms with Gasteiger partial charge in [0.1, 0.15) is 0 Å². The Morgan fingerprint density at radius 1 is 1.46 bits per heavy atom. The van der Waals surface area contributed by atoms with Crippen molar-refractivity contribution in [3.8, 4) is 0 Å². The molecule has 5 nitrogen and oxygen atoms in total. The van der Waals surface area contributed by atoms with E-state index in [9.17, 15) is 8.42 Å². The Hall–Kier alpha value is -1.01. The van der Waals surface area contributed by atoms with Gasteiger partial charge in [0.15, 0.2) is 0 Å². The molecule has 1 aromatic heterocycles. The predicted molar refractivity (Wildman–Crippen MR) is 48.4 cm³/mol. The van der Waals surface area contributed by atoms with E-state index in [1.165, 1.54) is 18.6 Å². The van der Waals surface area contributed by atoms with Crippen molar-refractivity contribution in [2.75, 3.05) is 6.26 Å². The van der Waals surface area contributed by atoms with E-state index in [0.717, 1.165) is 6.26 Å². The lowest BCUT2D eigenvalue weighted by Gasteiger charge is -2.09. The first-order valence-corrected chi connectivity index (χ1v) is 5.61. The zero-order valence-corrected chi connectivity index (χ0v) is 8.25. The van der Waals surface area contributed by atoms with Crippen molar-refractivity contribution in [1.29, 1.82) is 0 Å². The molecule has 0 bridgehead atoms. The zero-order chi connectivity index (χ0) is 9.90. The highest BCUT2D eigenvalue weighted by atomic mass is 32.2. The first kappa shape index (κ1) is 10.1. The molecule has 1 heterocycles. The van der Waals surface area contributed by atoms with Crippen LogP contribution in [0.5, 0.6) is 0 Å². The predicted octanol–water partition coefficient (Wildman–Crippen LogP) is 0.0868. The van der Waals surface area contributed by atoms with Gasteiger partial charge in [-0.15, -0.1) is 0 Å². The van der Waals surface area contributed by atoms with E-state index < -0.39 is 10.0 Å². The summed E-state index contributed by atoms with van der Waals surface area (Å²) in [7, 11) is -3.19. The molecule has 1 N–H and O–H groups in total. The third-order valence-electron chi connectivity index (χ3n) is 1.42. The molecule has 1 atom stereocenters. The van der Waals surface area contributed by atoms with Gasteiger partial charge < -0.3 is 0 Å². The third kappa shape index (κ3) is 3.47. The molecular formula is C7H11N3O2S. The zero-order valence-electron chi connectivity index (χ0n) is 7.43. The lowest BCUT2D eigenvalue weighted by atomic mass is 10.3. The van der Waals surface area contributed by atoms with Gasteiger partial charge in [0, 0.05) is 18.6 Å². The molecule has 0 aliphatic rings. The highest BCUT2D eigenvalue weighted by Crippen LogP contribution is 2.06. The highest BCUT2D eigenvalue weighted by molar-refractivity contribution is 7.88. The van der Waals surface area contributed by atoms with Crippen molar-refractivity contribution in [1.82, 2.24) is 14.7 Å². The van der Waals surface area contributed by atoms with Crippen LogP contribution in [-0.2, 0) is 10.0 Å². The van der Waals surface area contributed by atoms with Crippen molar-refractivity contribution in [3.05, 3.63) is 24.3 Å². The van der Waals surface area contributed by atoms with Crippen LogP contribution in [0.3, 0.4) is 0 Å².